The first-order valence-corrected chi connectivity index (χ1v) is 8.62. The monoisotopic (exact) mass is 364 g/mol. The van der Waals surface area contributed by atoms with Gasteiger partial charge >= 0.3 is 0 Å². The van der Waals surface area contributed by atoms with Crippen LogP contribution >= 0.6 is 0 Å². The third-order valence-electron chi connectivity index (χ3n) is 3.80. The van der Waals surface area contributed by atoms with Gasteiger partial charge in [-0.1, -0.05) is 30.3 Å². The second-order valence-electron chi connectivity index (χ2n) is 5.67. The van der Waals surface area contributed by atoms with Gasteiger partial charge in [0.2, 0.25) is 11.7 Å². The lowest BCUT2D eigenvalue weighted by molar-refractivity contribution is -0.111. The number of allylic oxidation sites excluding steroid dienone is 1. The fourth-order valence-corrected chi connectivity index (χ4v) is 2.68. The van der Waals surface area contributed by atoms with Crippen LogP contribution in [-0.2, 0) is 4.79 Å². The van der Waals surface area contributed by atoms with Crippen LogP contribution in [0.5, 0.6) is 5.75 Å². The summed E-state index contributed by atoms with van der Waals surface area (Å²) in [5, 5.41) is 6.17. The molecule has 6 heteroatoms. The summed E-state index contributed by atoms with van der Waals surface area (Å²) in [6.07, 6.45) is 3.00. The Morgan fingerprint density at radius 3 is 2.59 bits per heavy atom. The molecule has 138 valence electrons. The van der Waals surface area contributed by atoms with E-state index in [1.54, 1.807) is 49.4 Å². The summed E-state index contributed by atoms with van der Waals surface area (Å²) in [7, 11) is 0. The van der Waals surface area contributed by atoms with E-state index >= 15 is 0 Å². The average Bonchev–Trinajstić information content (AvgIpc) is 3.02. The van der Waals surface area contributed by atoms with Crippen molar-refractivity contribution in [3.63, 3.8) is 0 Å². The molecule has 0 radical (unpaired) electrons. The van der Waals surface area contributed by atoms with Crippen molar-refractivity contribution >= 4 is 34.2 Å². The van der Waals surface area contributed by atoms with Crippen LogP contribution in [0.25, 0.3) is 11.0 Å². The Kier molecular flexibility index (Phi) is 5.56. The molecule has 2 amide bonds. The summed E-state index contributed by atoms with van der Waals surface area (Å²) >= 11 is 0. The molecule has 0 unspecified atom stereocenters. The molecule has 0 saturated carbocycles. The predicted molar refractivity (Wildman–Crippen MR) is 105 cm³/mol. The van der Waals surface area contributed by atoms with E-state index in [2.05, 4.69) is 10.6 Å². The number of carbonyl (C=O) groups excluding carboxylic acids is 2. The van der Waals surface area contributed by atoms with Crippen LogP contribution in [0.1, 0.15) is 24.4 Å². The van der Waals surface area contributed by atoms with Gasteiger partial charge in [0.1, 0.15) is 17.0 Å². The molecular formula is C21H20N2O4. The topological polar surface area (TPSA) is 80.6 Å². The normalized spacial score (nSPS) is 10.9. The van der Waals surface area contributed by atoms with Crippen LogP contribution in [0, 0.1) is 0 Å². The molecule has 27 heavy (non-hydrogen) atoms. The smallest absolute Gasteiger partial charge is 0.293 e. The van der Waals surface area contributed by atoms with E-state index in [4.69, 9.17) is 9.15 Å². The molecule has 0 atom stereocenters. The lowest BCUT2D eigenvalue weighted by atomic mass is 10.2. The summed E-state index contributed by atoms with van der Waals surface area (Å²) in [6.45, 7) is 4.08. The summed E-state index contributed by atoms with van der Waals surface area (Å²) in [4.78, 5) is 24.9. The zero-order valence-corrected chi connectivity index (χ0v) is 15.1. The molecule has 6 nitrogen and oxygen atoms in total. The highest BCUT2D eigenvalue weighted by atomic mass is 16.5. The number of amides is 2. The number of benzene rings is 2. The van der Waals surface area contributed by atoms with Crippen LogP contribution in [0.2, 0.25) is 0 Å². The second-order valence-corrected chi connectivity index (χ2v) is 5.67. The average molecular weight is 364 g/mol. The van der Waals surface area contributed by atoms with Gasteiger partial charge in [-0.2, -0.15) is 0 Å². The molecule has 0 aliphatic carbocycles. The fourth-order valence-electron chi connectivity index (χ4n) is 2.68. The van der Waals surface area contributed by atoms with Crippen LogP contribution in [0.3, 0.4) is 0 Å². The van der Waals surface area contributed by atoms with Gasteiger partial charge in [0.25, 0.3) is 5.91 Å². The third-order valence-corrected chi connectivity index (χ3v) is 3.80. The Hall–Kier alpha value is -3.54. The van der Waals surface area contributed by atoms with Crippen molar-refractivity contribution in [2.24, 2.45) is 0 Å². The van der Waals surface area contributed by atoms with Gasteiger partial charge in [-0.15, -0.1) is 0 Å². The molecule has 0 saturated heterocycles. The van der Waals surface area contributed by atoms with Gasteiger partial charge in [0.05, 0.1) is 12.3 Å². The Bertz CT molecular complexity index is 1000. The van der Waals surface area contributed by atoms with Gasteiger partial charge in [-0.05, 0) is 44.2 Å². The number of ether oxygens (including phenoxy) is 1. The molecule has 2 N–H and O–H groups in total. The zero-order valence-electron chi connectivity index (χ0n) is 15.1. The first kappa shape index (κ1) is 18.3. The molecule has 3 rings (SSSR count). The summed E-state index contributed by atoms with van der Waals surface area (Å²) < 4.78 is 11.3. The lowest BCUT2D eigenvalue weighted by Gasteiger charge is -2.11. The van der Waals surface area contributed by atoms with Crippen molar-refractivity contribution in [2.75, 3.05) is 17.2 Å². The minimum absolute atomic E-state index is 0.0281. The van der Waals surface area contributed by atoms with Gasteiger partial charge < -0.3 is 19.8 Å². The number of furan rings is 1. The maximum absolute atomic E-state index is 12.9. The van der Waals surface area contributed by atoms with Crippen LogP contribution < -0.4 is 15.4 Å². The number of nitrogens with one attached hydrogen (secondary N) is 2. The number of carbonyl (C=O) groups is 2. The van der Waals surface area contributed by atoms with E-state index in [1.807, 2.05) is 19.1 Å². The number of rotatable bonds is 6. The third kappa shape index (κ3) is 4.00. The second kappa shape index (κ2) is 8.23. The lowest BCUT2D eigenvalue weighted by Crippen LogP contribution is -2.16. The van der Waals surface area contributed by atoms with Crippen LogP contribution in [0.4, 0.5) is 11.4 Å². The number of hydrogen-bond acceptors (Lipinski definition) is 4. The Morgan fingerprint density at radius 2 is 1.81 bits per heavy atom. The molecule has 2 aromatic carbocycles. The Labute approximate surface area is 156 Å². The highest BCUT2D eigenvalue weighted by Gasteiger charge is 2.22. The standard InChI is InChI=1S/C21H20N2O4/c1-3-9-18(24)23-19-14-10-5-7-12-16(14)27-20(19)21(25)22-15-11-6-8-13-17(15)26-4-2/h3,5-13H,4H2,1-2H3,(H,22,25)(H,23,24). The summed E-state index contributed by atoms with van der Waals surface area (Å²) in [6, 6.07) is 14.3. The van der Waals surface area contributed by atoms with Crippen molar-refractivity contribution < 1.29 is 18.7 Å². The largest absolute Gasteiger partial charge is 0.492 e. The molecular weight excluding hydrogens is 344 g/mol. The number of para-hydroxylation sites is 3. The molecule has 1 aromatic heterocycles. The van der Waals surface area contributed by atoms with Gasteiger partial charge in [-0.25, -0.2) is 0 Å². The van der Waals surface area contributed by atoms with Crippen molar-refractivity contribution in [2.45, 2.75) is 13.8 Å². The minimum atomic E-state index is -0.478. The molecule has 0 fully saturated rings. The highest BCUT2D eigenvalue weighted by molar-refractivity contribution is 6.16. The van der Waals surface area contributed by atoms with E-state index in [1.165, 1.54) is 6.08 Å². The number of anilines is 2. The SMILES string of the molecule is CC=CC(=O)Nc1c(C(=O)Nc2ccccc2OCC)oc2ccccc12. The van der Waals surface area contributed by atoms with Crippen molar-refractivity contribution in [1.29, 1.82) is 0 Å². The van der Waals surface area contributed by atoms with Crippen molar-refractivity contribution in [3.8, 4) is 5.75 Å². The number of hydrogen-bond donors (Lipinski definition) is 2. The van der Waals surface area contributed by atoms with Gasteiger partial charge in [0, 0.05) is 5.39 Å². The quantitative estimate of drug-likeness (QED) is 0.627. The van der Waals surface area contributed by atoms with Crippen molar-refractivity contribution in [3.05, 3.63) is 66.4 Å². The van der Waals surface area contributed by atoms with E-state index < -0.39 is 5.91 Å². The van der Waals surface area contributed by atoms with Crippen LogP contribution in [-0.4, -0.2) is 18.4 Å². The maximum atomic E-state index is 12.9. The van der Waals surface area contributed by atoms with E-state index in [0.717, 1.165) is 0 Å². The summed E-state index contributed by atoms with van der Waals surface area (Å²) in [5.74, 6) is -0.230. The first-order valence-electron chi connectivity index (χ1n) is 8.62. The molecule has 0 bridgehead atoms. The molecule has 3 aromatic rings. The van der Waals surface area contributed by atoms with E-state index in [0.29, 0.717) is 34.7 Å². The molecule has 0 aliphatic rings. The highest BCUT2D eigenvalue weighted by Crippen LogP contribution is 2.32. The van der Waals surface area contributed by atoms with Gasteiger partial charge in [-0.3, -0.25) is 9.59 Å². The van der Waals surface area contributed by atoms with E-state index in [9.17, 15) is 9.59 Å². The molecule has 0 spiro atoms. The maximum Gasteiger partial charge on any atom is 0.293 e. The molecule has 1 heterocycles. The Balaban J connectivity index is 1.98. The summed E-state index contributed by atoms with van der Waals surface area (Å²) in [5.41, 5.74) is 1.37. The number of fused-ring (bicyclic) bond motifs is 1. The van der Waals surface area contributed by atoms with Crippen molar-refractivity contribution in [1.82, 2.24) is 0 Å². The van der Waals surface area contributed by atoms with Crippen LogP contribution in [0.15, 0.2) is 65.1 Å². The van der Waals surface area contributed by atoms with E-state index in [-0.39, 0.29) is 11.7 Å². The Morgan fingerprint density at radius 1 is 1.07 bits per heavy atom. The predicted octanol–water partition coefficient (Wildman–Crippen LogP) is 4.60. The molecule has 0 aliphatic heterocycles. The fraction of sp³-hybridized carbons (Fsp3) is 0.143. The minimum Gasteiger partial charge on any atom is -0.492 e. The zero-order chi connectivity index (χ0) is 19.2. The van der Waals surface area contributed by atoms with Gasteiger partial charge in [0.15, 0.2) is 0 Å². The first-order chi connectivity index (χ1) is 13.1.